The molecule has 1 aromatic carbocycles. The van der Waals surface area contributed by atoms with Gasteiger partial charge in [-0.15, -0.1) is 0 Å². The van der Waals surface area contributed by atoms with Crippen LogP contribution in [-0.2, 0) is 0 Å². The van der Waals surface area contributed by atoms with Crippen molar-refractivity contribution in [1.82, 2.24) is 5.01 Å². The van der Waals surface area contributed by atoms with Crippen molar-refractivity contribution in [1.29, 1.82) is 0 Å². The van der Waals surface area contributed by atoms with Crippen LogP contribution in [-0.4, -0.2) is 37.9 Å². The van der Waals surface area contributed by atoms with Crippen molar-refractivity contribution in [3.63, 3.8) is 0 Å². The van der Waals surface area contributed by atoms with Crippen LogP contribution in [0.3, 0.4) is 0 Å². The average molecular weight is 305 g/mol. The van der Waals surface area contributed by atoms with Crippen LogP contribution < -0.4 is 5.73 Å². The lowest BCUT2D eigenvalue weighted by Crippen LogP contribution is -2.57. The zero-order valence-corrected chi connectivity index (χ0v) is 10.7. The number of thiocarbonyl (C=S) groups is 1. The quantitative estimate of drug-likeness (QED) is 0.681. The highest BCUT2D eigenvalue weighted by Crippen LogP contribution is 2.41. The van der Waals surface area contributed by atoms with Crippen LogP contribution >= 0.6 is 12.2 Å². The van der Waals surface area contributed by atoms with Gasteiger partial charge in [-0.2, -0.15) is 23.3 Å². The van der Waals surface area contributed by atoms with Gasteiger partial charge in [0.15, 0.2) is 5.11 Å². The predicted octanol–water partition coefficient (Wildman–Crippen LogP) is 1.30. The first-order valence-corrected chi connectivity index (χ1v) is 5.82. The third kappa shape index (κ3) is 2.18. The molecule has 0 saturated heterocycles. The largest absolute Gasteiger partial charge is 0.507 e. The molecule has 0 radical (unpaired) electrons. The summed E-state index contributed by atoms with van der Waals surface area (Å²) < 4.78 is 39.0. The molecule has 4 N–H and O–H groups in total. The standard InChI is InChI=1S/C11H10F3N3O2S/c12-11(13,14)10(19)5-7(16-17(10)9(15)20)6-3-1-2-4-8(6)18/h1-4,18-19H,5H2,(H2,15,20)/t10-/m1/s1. The molecule has 1 atom stereocenters. The first kappa shape index (κ1) is 14.5. The van der Waals surface area contributed by atoms with Crippen molar-refractivity contribution >= 4 is 23.0 Å². The smallest absolute Gasteiger partial charge is 0.438 e. The van der Waals surface area contributed by atoms with Gasteiger partial charge in [0.25, 0.3) is 5.72 Å². The van der Waals surface area contributed by atoms with Gasteiger partial charge in [-0.1, -0.05) is 12.1 Å². The Kier molecular flexibility index (Phi) is 3.34. The fourth-order valence-corrected chi connectivity index (χ4v) is 2.06. The summed E-state index contributed by atoms with van der Waals surface area (Å²) in [6.45, 7) is 0. The van der Waals surface area contributed by atoms with E-state index in [0.29, 0.717) is 0 Å². The molecule has 9 heteroatoms. The molecule has 1 aliphatic heterocycles. The highest BCUT2D eigenvalue weighted by atomic mass is 32.1. The van der Waals surface area contributed by atoms with Gasteiger partial charge in [0, 0.05) is 5.56 Å². The molecule has 5 nitrogen and oxygen atoms in total. The molecule has 1 aromatic rings. The monoisotopic (exact) mass is 305 g/mol. The van der Waals surface area contributed by atoms with Crippen LogP contribution in [0, 0.1) is 0 Å². The van der Waals surface area contributed by atoms with Crippen LogP contribution in [0.2, 0.25) is 0 Å². The van der Waals surface area contributed by atoms with E-state index in [4.69, 9.17) is 5.73 Å². The van der Waals surface area contributed by atoms with E-state index in [0.717, 1.165) is 0 Å². The minimum absolute atomic E-state index is 0.0777. The molecule has 0 bridgehead atoms. The van der Waals surface area contributed by atoms with E-state index in [1.165, 1.54) is 24.3 Å². The summed E-state index contributed by atoms with van der Waals surface area (Å²) in [5.41, 5.74) is 1.79. The normalized spacial score (nSPS) is 22.8. The van der Waals surface area contributed by atoms with Gasteiger partial charge in [0.1, 0.15) is 5.75 Å². The number of phenolic OH excluding ortho intramolecular Hbond substituents is 1. The Morgan fingerprint density at radius 2 is 2.00 bits per heavy atom. The van der Waals surface area contributed by atoms with E-state index in [1.807, 2.05) is 0 Å². The van der Waals surface area contributed by atoms with Crippen LogP contribution in [0.15, 0.2) is 29.4 Å². The molecule has 1 heterocycles. The van der Waals surface area contributed by atoms with Gasteiger partial charge in [-0.3, -0.25) is 0 Å². The molecule has 0 spiro atoms. The molecule has 0 unspecified atom stereocenters. The van der Waals surface area contributed by atoms with Crippen LogP contribution in [0.5, 0.6) is 5.75 Å². The Balaban J connectivity index is 2.48. The number of hydrogen-bond donors (Lipinski definition) is 3. The highest BCUT2D eigenvalue weighted by molar-refractivity contribution is 7.80. The number of halogens is 3. The Bertz CT molecular complexity index is 591. The fourth-order valence-electron chi connectivity index (χ4n) is 1.87. The summed E-state index contributed by atoms with van der Waals surface area (Å²) in [6, 6.07) is 5.71. The zero-order valence-electron chi connectivity index (χ0n) is 9.92. The first-order chi connectivity index (χ1) is 9.17. The molecule has 1 aliphatic rings. The third-order valence-electron chi connectivity index (χ3n) is 2.86. The number of alkyl halides is 3. The summed E-state index contributed by atoms with van der Waals surface area (Å²) in [4.78, 5) is 0. The van der Waals surface area contributed by atoms with Crippen molar-refractivity contribution in [2.45, 2.75) is 18.3 Å². The minimum Gasteiger partial charge on any atom is -0.507 e. The topological polar surface area (TPSA) is 82.1 Å². The molecule has 0 fully saturated rings. The second-order valence-corrected chi connectivity index (χ2v) is 4.62. The SMILES string of the molecule is NC(=S)N1N=C(c2ccccc2O)C[C@@]1(O)C(F)(F)F. The van der Waals surface area contributed by atoms with Gasteiger partial charge in [0.2, 0.25) is 0 Å². The van der Waals surface area contributed by atoms with Crippen molar-refractivity contribution < 1.29 is 23.4 Å². The number of benzene rings is 1. The fraction of sp³-hybridized carbons (Fsp3) is 0.273. The molecule has 108 valence electrons. The molecular formula is C11H10F3N3O2S. The summed E-state index contributed by atoms with van der Waals surface area (Å²) in [5.74, 6) is -0.249. The molecule has 0 amide bonds. The van der Waals surface area contributed by atoms with Gasteiger partial charge in [0.05, 0.1) is 12.1 Å². The van der Waals surface area contributed by atoms with E-state index < -0.39 is 23.4 Å². The number of rotatable bonds is 1. The van der Waals surface area contributed by atoms with Gasteiger partial charge in [-0.25, -0.2) is 0 Å². The number of aromatic hydroxyl groups is 1. The molecular weight excluding hydrogens is 295 g/mol. The lowest BCUT2D eigenvalue weighted by Gasteiger charge is -2.32. The summed E-state index contributed by atoms with van der Waals surface area (Å²) in [6.07, 6.45) is -5.89. The van der Waals surface area contributed by atoms with Crippen molar-refractivity contribution in [3.8, 4) is 5.75 Å². The molecule has 20 heavy (non-hydrogen) atoms. The Morgan fingerprint density at radius 3 is 2.45 bits per heavy atom. The molecule has 0 saturated carbocycles. The maximum Gasteiger partial charge on any atom is 0.438 e. The number of hydrazone groups is 1. The maximum atomic E-state index is 13.0. The van der Waals surface area contributed by atoms with Crippen LogP contribution in [0.1, 0.15) is 12.0 Å². The van der Waals surface area contributed by atoms with E-state index >= 15 is 0 Å². The highest BCUT2D eigenvalue weighted by Gasteiger charge is 2.62. The summed E-state index contributed by atoms with van der Waals surface area (Å²) in [5, 5.41) is 22.5. The zero-order chi connectivity index (χ0) is 15.1. The molecule has 0 aliphatic carbocycles. The number of nitrogens with two attached hydrogens (primary N) is 1. The van der Waals surface area contributed by atoms with Crippen LogP contribution in [0.4, 0.5) is 13.2 Å². The van der Waals surface area contributed by atoms with Crippen molar-refractivity contribution in [2.24, 2.45) is 10.8 Å². The Labute approximate surface area is 117 Å². The van der Waals surface area contributed by atoms with Crippen molar-refractivity contribution in [2.75, 3.05) is 0 Å². The number of aliphatic hydroxyl groups is 1. The summed E-state index contributed by atoms with van der Waals surface area (Å²) in [7, 11) is 0. The van der Waals surface area contributed by atoms with Crippen LogP contribution in [0.25, 0.3) is 0 Å². The van der Waals surface area contributed by atoms with Crippen molar-refractivity contribution in [3.05, 3.63) is 29.8 Å². The van der Waals surface area contributed by atoms with Gasteiger partial charge >= 0.3 is 6.18 Å². The lowest BCUT2D eigenvalue weighted by molar-refractivity contribution is -0.294. The average Bonchev–Trinajstić information content (AvgIpc) is 2.68. The predicted molar refractivity (Wildman–Crippen MR) is 68.9 cm³/mol. The van der Waals surface area contributed by atoms with E-state index in [1.54, 1.807) is 0 Å². The second-order valence-electron chi connectivity index (χ2n) is 4.21. The lowest BCUT2D eigenvalue weighted by atomic mass is 10.0. The number of nitrogens with zero attached hydrogens (tertiary/aromatic N) is 2. The Hall–Kier alpha value is -1.87. The molecule has 2 rings (SSSR count). The minimum atomic E-state index is -5.01. The molecule has 0 aromatic heterocycles. The number of phenols is 1. The first-order valence-electron chi connectivity index (χ1n) is 5.41. The van der Waals surface area contributed by atoms with Gasteiger partial charge in [-0.05, 0) is 24.4 Å². The third-order valence-corrected chi connectivity index (χ3v) is 3.04. The maximum absolute atomic E-state index is 13.0. The second kappa shape index (κ2) is 4.60. The van der Waals surface area contributed by atoms with E-state index in [9.17, 15) is 23.4 Å². The van der Waals surface area contributed by atoms with E-state index in [-0.39, 0.29) is 22.0 Å². The van der Waals surface area contributed by atoms with E-state index in [2.05, 4.69) is 17.3 Å². The summed E-state index contributed by atoms with van der Waals surface area (Å²) >= 11 is 4.48. The Morgan fingerprint density at radius 1 is 1.40 bits per heavy atom. The van der Waals surface area contributed by atoms with Gasteiger partial charge < -0.3 is 15.9 Å². The number of para-hydroxylation sites is 1. The number of hydrogen-bond acceptors (Lipinski definition) is 4.